The van der Waals surface area contributed by atoms with E-state index in [1.54, 1.807) is 11.0 Å². The molecule has 0 radical (unpaired) electrons. The fourth-order valence-electron chi connectivity index (χ4n) is 3.52. The Morgan fingerprint density at radius 3 is 2.76 bits per heavy atom. The molecular formula is C19H22F2N2O2. The molecule has 1 atom stereocenters. The summed E-state index contributed by atoms with van der Waals surface area (Å²) in [5.41, 5.74) is 2.32. The van der Waals surface area contributed by atoms with Crippen LogP contribution >= 0.6 is 0 Å². The highest BCUT2D eigenvalue weighted by molar-refractivity contribution is 5.80. The van der Waals surface area contributed by atoms with Crippen LogP contribution in [0.4, 0.5) is 8.78 Å². The SMILES string of the molecule is CCc1noc(CC)c1CC(=O)N1CCC[C@@H]1c1ccc(F)c(F)c1. The number of aromatic nitrogens is 1. The molecule has 0 aliphatic carbocycles. The van der Waals surface area contributed by atoms with E-state index in [9.17, 15) is 13.6 Å². The third kappa shape index (κ3) is 3.43. The molecule has 1 fully saturated rings. The first-order valence-electron chi connectivity index (χ1n) is 8.75. The zero-order valence-electron chi connectivity index (χ0n) is 14.5. The largest absolute Gasteiger partial charge is 0.361 e. The topological polar surface area (TPSA) is 46.3 Å². The number of likely N-dealkylation sites (tertiary alicyclic amines) is 1. The van der Waals surface area contributed by atoms with E-state index >= 15 is 0 Å². The van der Waals surface area contributed by atoms with Gasteiger partial charge in [-0.1, -0.05) is 25.1 Å². The smallest absolute Gasteiger partial charge is 0.227 e. The number of amides is 1. The van der Waals surface area contributed by atoms with Crippen molar-refractivity contribution in [3.63, 3.8) is 0 Å². The Morgan fingerprint density at radius 1 is 1.28 bits per heavy atom. The van der Waals surface area contributed by atoms with Crippen molar-refractivity contribution in [3.8, 4) is 0 Å². The molecule has 4 nitrogen and oxygen atoms in total. The third-order valence-corrected chi connectivity index (χ3v) is 4.84. The van der Waals surface area contributed by atoms with Crippen molar-refractivity contribution in [1.82, 2.24) is 10.1 Å². The van der Waals surface area contributed by atoms with Gasteiger partial charge in [-0.3, -0.25) is 4.79 Å². The van der Waals surface area contributed by atoms with E-state index in [1.807, 2.05) is 13.8 Å². The van der Waals surface area contributed by atoms with Crippen LogP contribution in [-0.2, 0) is 24.1 Å². The summed E-state index contributed by atoms with van der Waals surface area (Å²) >= 11 is 0. The van der Waals surface area contributed by atoms with Gasteiger partial charge in [0.05, 0.1) is 18.2 Å². The molecular weight excluding hydrogens is 326 g/mol. The van der Waals surface area contributed by atoms with Gasteiger partial charge < -0.3 is 9.42 Å². The van der Waals surface area contributed by atoms with E-state index in [2.05, 4.69) is 5.16 Å². The Morgan fingerprint density at radius 2 is 2.08 bits per heavy atom. The highest BCUT2D eigenvalue weighted by atomic mass is 19.2. The van der Waals surface area contributed by atoms with E-state index in [0.29, 0.717) is 24.9 Å². The Hall–Kier alpha value is -2.24. The second-order valence-corrected chi connectivity index (χ2v) is 6.33. The zero-order valence-corrected chi connectivity index (χ0v) is 14.5. The second kappa shape index (κ2) is 7.33. The fraction of sp³-hybridized carbons (Fsp3) is 0.474. The van der Waals surface area contributed by atoms with Crippen LogP contribution in [0.5, 0.6) is 0 Å². The van der Waals surface area contributed by atoms with Crippen LogP contribution in [0.3, 0.4) is 0 Å². The number of carbonyl (C=O) groups excluding carboxylic acids is 1. The standard InChI is InChI=1S/C19H22F2N2O2/c1-3-16-13(18(4-2)25-22-16)11-19(24)23-9-5-6-17(23)12-7-8-14(20)15(21)10-12/h7-8,10,17H,3-6,9,11H2,1-2H3/t17-/m1/s1. The molecule has 0 saturated carbocycles. The van der Waals surface area contributed by atoms with Crippen LogP contribution in [-0.4, -0.2) is 22.5 Å². The van der Waals surface area contributed by atoms with Crippen LogP contribution in [0.2, 0.25) is 0 Å². The van der Waals surface area contributed by atoms with E-state index in [0.717, 1.165) is 35.9 Å². The first-order valence-corrected chi connectivity index (χ1v) is 8.75. The average Bonchev–Trinajstić information content (AvgIpc) is 3.23. The highest BCUT2D eigenvalue weighted by Crippen LogP contribution is 2.33. The summed E-state index contributed by atoms with van der Waals surface area (Å²) < 4.78 is 32.1. The van der Waals surface area contributed by atoms with Gasteiger partial charge in [0.2, 0.25) is 5.91 Å². The maximum Gasteiger partial charge on any atom is 0.227 e. The van der Waals surface area contributed by atoms with Crippen LogP contribution < -0.4 is 0 Å². The number of rotatable bonds is 5. The molecule has 1 aromatic heterocycles. The molecule has 2 heterocycles. The molecule has 134 valence electrons. The predicted octanol–water partition coefficient (Wildman–Crippen LogP) is 3.98. The van der Waals surface area contributed by atoms with Crippen molar-refractivity contribution in [3.05, 3.63) is 52.4 Å². The summed E-state index contributed by atoms with van der Waals surface area (Å²) in [5, 5.41) is 4.05. The summed E-state index contributed by atoms with van der Waals surface area (Å²) in [6.07, 6.45) is 3.22. The van der Waals surface area contributed by atoms with E-state index in [4.69, 9.17) is 4.52 Å². The molecule has 1 aromatic carbocycles. The van der Waals surface area contributed by atoms with Gasteiger partial charge in [-0.25, -0.2) is 8.78 Å². The molecule has 25 heavy (non-hydrogen) atoms. The molecule has 0 unspecified atom stereocenters. The Bertz CT molecular complexity index is 751. The van der Waals surface area contributed by atoms with Gasteiger partial charge in [0.15, 0.2) is 11.6 Å². The van der Waals surface area contributed by atoms with Crippen LogP contribution in [0.1, 0.15) is 55.3 Å². The number of carbonyl (C=O) groups is 1. The maximum absolute atomic E-state index is 13.6. The molecule has 1 aliphatic heterocycles. The summed E-state index contributed by atoms with van der Waals surface area (Å²) in [5.74, 6) is -1.03. The number of hydrogen-bond acceptors (Lipinski definition) is 3. The first kappa shape index (κ1) is 17.6. The molecule has 0 N–H and O–H groups in total. The number of benzene rings is 1. The minimum atomic E-state index is -0.877. The van der Waals surface area contributed by atoms with E-state index in [1.165, 1.54) is 6.07 Å². The third-order valence-electron chi connectivity index (χ3n) is 4.84. The quantitative estimate of drug-likeness (QED) is 0.821. The number of halogens is 2. The second-order valence-electron chi connectivity index (χ2n) is 6.33. The van der Waals surface area contributed by atoms with Crippen molar-refractivity contribution in [1.29, 1.82) is 0 Å². The van der Waals surface area contributed by atoms with Gasteiger partial charge in [0, 0.05) is 18.5 Å². The van der Waals surface area contributed by atoms with Gasteiger partial charge in [0.1, 0.15) is 5.76 Å². The molecule has 1 aliphatic rings. The maximum atomic E-state index is 13.6. The van der Waals surface area contributed by atoms with E-state index < -0.39 is 11.6 Å². The van der Waals surface area contributed by atoms with Crippen LogP contribution in [0, 0.1) is 11.6 Å². The molecule has 6 heteroatoms. The summed E-state index contributed by atoms with van der Waals surface area (Å²) in [6.45, 7) is 4.57. The summed E-state index contributed by atoms with van der Waals surface area (Å²) in [4.78, 5) is 14.6. The first-order chi connectivity index (χ1) is 12.0. The molecule has 0 bridgehead atoms. The van der Waals surface area contributed by atoms with Gasteiger partial charge in [0.25, 0.3) is 0 Å². The predicted molar refractivity (Wildman–Crippen MR) is 89.0 cm³/mol. The molecule has 1 amide bonds. The molecule has 0 spiro atoms. The summed E-state index contributed by atoms with van der Waals surface area (Å²) in [7, 11) is 0. The monoisotopic (exact) mass is 348 g/mol. The van der Waals surface area contributed by atoms with Crippen molar-refractivity contribution < 1.29 is 18.1 Å². The minimum Gasteiger partial charge on any atom is -0.361 e. The molecule has 3 rings (SSSR count). The number of aryl methyl sites for hydroxylation is 2. The lowest BCUT2D eigenvalue weighted by Crippen LogP contribution is -2.32. The summed E-state index contributed by atoms with van der Waals surface area (Å²) in [6, 6.07) is 3.66. The Labute approximate surface area is 145 Å². The van der Waals surface area contributed by atoms with Crippen molar-refractivity contribution >= 4 is 5.91 Å². The van der Waals surface area contributed by atoms with Gasteiger partial charge in [-0.15, -0.1) is 0 Å². The Kier molecular flexibility index (Phi) is 5.16. The van der Waals surface area contributed by atoms with Crippen LogP contribution in [0.15, 0.2) is 22.7 Å². The van der Waals surface area contributed by atoms with Crippen molar-refractivity contribution in [2.45, 2.75) is 52.0 Å². The molecule has 2 aromatic rings. The fourth-order valence-corrected chi connectivity index (χ4v) is 3.52. The number of nitrogens with zero attached hydrogens (tertiary/aromatic N) is 2. The number of hydrogen-bond donors (Lipinski definition) is 0. The average molecular weight is 348 g/mol. The minimum absolute atomic E-state index is 0.0279. The zero-order chi connectivity index (χ0) is 18.0. The van der Waals surface area contributed by atoms with Crippen molar-refractivity contribution in [2.75, 3.05) is 6.54 Å². The van der Waals surface area contributed by atoms with Crippen LogP contribution in [0.25, 0.3) is 0 Å². The lowest BCUT2D eigenvalue weighted by molar-refractivity contribution is -0.131. The normalized spacial score (nSPS) is 17.3. The lowest BCUT2D eigenvalue weighted by atomic mass is 10.0. The molecule has 1 saturated heterocycles. The Balaban J connectivity index is 1.81. The highest BCUT2D eigenvalue weighted by Gasteiger charge is 2.31. The van der Waals surface area contributed by atoms with E-state index in [-0.39, 0.29) is 18.4 Å². The van der Waals surface area contributed by atoms with Gasteiger partial charge >= 0.3 is 0 Å². The van der Waals surface area contributed by atoms with Gasteiger partial charge in [-0.2, -0.15) is 0 Å². The lowest BCUT2D eigenvalue weighted by Gasteiger charge is -2.25. The van der Waals surface area contributed by atoms with Crippen molar-refractivity contribution in [2.24, 2.45) is 0 Å². The van der Waals surface area contributed by atoms with Gasteiger partial charge in [-0.05, 0) is 37.0 Å².